The summed E-state index contributed by atoms with van der Waals surface area (Å²) in [5.74, 6) is 0.330. The summed E-state index contributed by atoms with van der Waals surface area (Å²) < 4.78 is 4.81. The van der Waals surface area contributed by atoms with Gasteiger partial charge >= 0.3 is 5.97 Å². The van der Waals surface area contributed by atoms with Gasteiger partial charge in [-0.05, 0) is 18.7 Å². The maximum atomic E-state index is 11.4. The first-order valence-electron chi connectivity index (χ1n) is 4.56. The summed E-state index contributed by atoms with van der Waals surface area (Å²) in [4.78, 5) is 19.5. The Labute approximate surface area is 92.4 Å². The fourth-order valence-corrected chi connectivity index (χ4v) is 1.44. The minimum absolute atomic E-state index is 0.234. The molecule has 1 aromatic heterocycles. The quantitative estimate of drug-likeness (QED) is 0.358. The first-order chi connectivity index (χ1) is 7.13. The van der Waals surface area contributed by atoms with Crippen molar-refractivity contribution in [2.75, 3.05) is 5.75 Å². The molecule has 1 rings (SSSR count). The van der Waals surface area contributed by atoms with Gasteiger partial charge in [-0.25, -0.2) is 14.8 Å². The summed E-state index contributed by atoms with van der Waals surface area (Å²) in [6.07, 6.45) is 0.901. The lowest BCUT2D eigenvalue weighted by Gasteiger charge is -2.07. The third-order valence-electron chi connectivity index (χ3n) is 1.41. The number of nitrogens with two attached hydrogens (primary N) is 1. The van der Waals surface area contributed by atoms with Crippen LogP contribution in [0, 0.1) is 0 Å². The molecule has 0 spiro atoms. The second kappa shape index (κ2) is 5.67. The maximum absolute atomic E-state index is 11.4. The average molecular weight is 227 g/mol. The van der Waals surface area contributed by atoms with Crippen LogP contribution in [0.2, 0.25) is 0 Å². The predicted molar refractivity (Wildman–Crippen MR) is 57.5 cm³/mol. The Morgan fingerprint density at radius 1 is 1.73 bits per heavy atom. The monoisotopic (exact) mass is 227 g/mol. The van der Waals surface area contributed by atoms with Crippen LogP contribution in [0.5, 0.6) is 0 Å². The Balaban J connectivity index is 2.76. The molecule has 0 bridgehead atoms. The van der Waals surface area contributed by atoms with Gasteiger partial charge in [0.25, 0.3) is 0 Å². The minimum Gasteiger partial charge on any atom is -0.442 e. The molecular formula is C9H13N3O2S. The molecule has 6 heteroatoms. The van der Waals surface area contributed by atoms with Gasteiger partial charge in [0.2, 0.25) is 0 Å². The topological polar surface area (TPSA) is 78.1 Å². The molecule has 0 aromatic carbocycles. The zero-order chi connectivity index (χ0) is 11.3. The fraction of sp³-hybridized carbons (Fsp3) is 0.444. The lowest BCUT2D eigenvalue weighted by Crippen LogP contribution is -2.24. The number of carbonyl (C=O) groups is 1. The van der Waals surface area contributed by atoms with E-state index in [9.17, 15) is 4.79 Å². The number of nitrogens with zero attached hydrogens (tertiary/aromatic N) is 2. The summed E-state index contributed by atoms with van der Waals surface area (Å²) in [5, 5.41) is 0.566. The van der Waals surface area contributed by atoms with Crippen LogP contribution in [-0.4, -0.2) is 27.9 Å². The van der Waals surface area contributed by atoms with Crippen LogP contribution in [-0.2, 0) is 4.74 Å². The number of aromatic nitrogens is 2. The molecule has 0 saturated heterocycles. The molecule has 0 fully saturated rings. The lowest BCUT2D eigenvalue weighted by atomic mass is 10.4. The number of esters is 1. The number of carbonyl (C=O) groups excluding carboxylic acids is 1. The number of rotatable bonds is 4. The van der Waals surface area contributed by atoms with E-state index in [1.54, 1.807) is 6.92 Å². The lowest BCUT2D eigenvalue weighted by molar-refractivity contribution is 0.0347. The van der Waals surface area contributed by atoms with Crippen LogP contribution in [0.1, 0.15) is 24.3 Å². The van der Waals surface area contributed by atoms with Gasteiger partial charge in [-0.2, -0.15) is 0 Å². The standard InChI is InChI=1S/C9H13N3O2S/c1-3-15-9-11-5-4-7(12-9)8(13)14-6(2)10/h4-6H,3,10H2,1-2H3. The number of thioether (sulfide) groups is 1. The largest absolute Gasteiger partial charge is 0.442 e. The molecule has 0 aliphatic rings. The summed E-state index contributed by atoms with van der Waals surface area (Å²) >= 11 is 1.46. The van der Waals surface area contributed by atoms with Crippen molar-refractivity contribution in [2.45, 2.75) is 25.2 Å². The van der Waals surface area contributed by atoms with Crippen LogP contribution in [0.3, 0.4) is 0 Å². The van der Waals surface area contributed by atoms with Gasteiger partial charge in [0.05, 0.1) is 0 Å². The third kappa shape index (κ3) is 3.85. The van der Waals surface area contributed by atoms with E-state index in [4.69, 9.17) is 10.5 Å². The minimum atomic E-state index is -0.630. The van der Waals surface area contributed by atoms with E-state index in [0.29, 0.717) is 5.16 Å². The van der Waals surface area contributed by atoms with E-state index >= 15 is 0 Å². The molecule has 5 nitrogen and oxygen atoms in total. The molecule has 2 N–H and O–H groups in total. The molecule has 0 aliphatic carbocycles. The van der Waals surface area contributed by atoms with Crippen molar-refractivity contribution in [1.29, 1.82) is 0 Å². The van der Waals surface area contributed by atoms with Crippen LogP contribution < -0.4 is 5.73 Å². The molecule has 15 heavy (non-hydrogen) atoms. The van der Waals surface area contributed by atoms with Gasteiger partial charge in [0.1, 0.15) is 6.23 Å². The molecule has 1 atom stereocenters. The summed E-state index contributed by atoms with van der Waals surface area (Å²) in [6.45, 7) is 3.57. The van der Waals surface area contributed by atoms with Crippen LogP contribution in [0.25, 0.3) is 0 Å². The van der Waals surface area contributed by atoms with Crippen LogP contribution in [0.15, 0.2) is 17.4 Å². The van der Waals surface area contributed by atoms with Crippen LogP contribution >= 0.6 is 11.8 Å². The predicted octanol–water partition coefficient (Wildman–Crippen LogP) is 1.05. The summed E-state index contributed by atoms with van der Waals surface area (Å²) in [5.41, 5.74) is 5.57. The Morgan fingerprint density at radius 3 is 3.07 bits per heavy atom. The maximum Gasteiger partial charge on any atom is 0.358 e. The number of hydrogen-bond donors (Lipinski definition) is 1. The SMILES string of the molecule is CCSc1nccc(C(=O)OC(C)N)n1. The molecule has 82 valence electrons. The normalized spacial score (nSPS) is 12.2. The zero-order valence-electron chi connectivity index (χ0n) is 8.64. The molecule has 1 unspecified atom stereocenters. The third-order valence-corrected chi connectivity index (χ3v) is 2.15. The van der Waals surface area contributed by atoms with Crippen molar-refractivity contribution in [1.82, 2.24) is 9.97 Å². The Hall–Kier alpha value is -1.14. The van der Waals surface area contributed by atoms with Gasteiger partial charge < -0.3 is 4.74 Å². The number of ether oxygens (including phenoxy) is 1. The average Bonchev–Trinajstić information content (AvgIpc) is 2.17. The van der Waals surface area contributed by atoms with Crippen molar-refractivity contribution in [3.63, 3.8) is 0 Å². The Morgan fingerprint density at radius 2 is 2.47 bits per heavy atom. The van der Waals surface area contributed by atoms with E-state index in [1.807, 2.05) is 6.92 Å². The van der Waals surface area contributed by atoms with Crippen molar-refractivity contribution in [2.24, 2.45) is 5.73 Å². The van der Waals surface area contributed by atoms with Gasteiger partial charge in [-0.3, -0.25) is 5.73 Å². The highest BCUT2D eigenvalue weighted by Gasteiger charge is 2.11. The van der Waals surface area contributed by atoms with E-state index in [0.717, 1.165) is 5.75 Å². The van der Waals surface area contributed by atoms with Gasteiger partial charge in [-0.15, -0.1) is 0 Å². The smallest absolute Gasteiger partial charge is 0.358 e. The van der Waals surface area contributed by atoms with Crippen LogP contribution in [0.4, 0.5) is 0 Å². The fourth-order valence-electron chi connectivity index (χ4n) is 0.882. The highest BCUT2D eigenvalue weighted by atomic mass is 32.2. The Bertz CT molecular complexity index is 344. The van der Waals surface area contributed by atoms with Gasteiger partial charge in [0.15, 0.2) is 10.9 Å². The van der Waals surface area contributed by atoms with E-state index < -0.39 is 12.2 Å². The van der Waals surface area contributed by atoms with E-state index in [1.165, 1.54) is 24.0 Å². The Kier molecular flexibility index (Phi) is 4.51. The summed E-state index contributed by atoms with van der Waals surface area (Å²) in [6, 6.07) is 1.50. The van der Waals surface area contributed by atoms with Crippen molar-refractivity contribution >= 4 is 17.7 Å². The second-order valence-corrected chi connectivity index (χ2v) is 4.00. The first-order valence-corrected chi connectivity index (χ1v) is 5.54. The van der Waals surface area contributed by atoms with Crippen molar-refractivity contribution in [3.05, 3.63) is 18.0 Å². The van der Waals surface area contributed by atoms with Crippen molar-refractivity contribution in [3.8, 4) is 0 Å². The molecule has 1 heterocycles. The number of hydrogen-bond acceptors (Lipinski definition) is 6. The van der Waals surface area contributed by atoms with Crippen molar-refractivity contribution < 1.29 is 9.53 Å². The van der Waals surface area contributed by atoms with Gasteiger partial charge in [0, 0.05) is 6.20 Å². The molecule has 0 radical (unpaired) electrons. The van der Waals surface area contributed by atoms with E-state index in [-0.39, 0.29) is 5.69 Å². The summed E-state index contributed by atoms with van der Waals surface area (Å²) in [7, 11) is 0. The van der Waals surface area contributed by atoms with Gasteiger partial charge in [-0.1, -0.05) is 18.7 Å². The van der Waals surface area contributed by atoms with E-state index in [2.05, 4.69) is 9.97 Å². The molecule has 0 aliphatic heterocycles. The molecule has 0 saturated carbocycles. The highest BCUT2D eigenvalue weighted by Crippen LogP contribution is 2.11. The second-order valence-electron chi connectivity index (χ2n) is 2.77. The molecule has 1 aromatic rings. The highest BCUT2D eigenvalue weighted by molar-refractivity contribution is 7.99. The zero-order valence-corrected chi connectivity index (χ0v) is 9.45. The molecular weight excluding hydrogens is 214 g/mol. The first kappa shape index (κ1) is 11.9. The molecule has 0 amide bonds.